The summed E-state index contributed by atoms with van der Waals surface area (Å²) in [5.74, 6) is 1.22. The maximum atomic E-state index is 14.4. The number of ether oxygens (including phenoxy) is 2. The van der Waals surface area contributed by atoms with Crippen LogP contribution < -0.4 is 13.8 Å². The number of H-pyrrole nitrogens is 1. The minimum atomic E-state index is -4.27. The van der Waals surface area contributed by atoms with Crippen molar-refractivity contribution in [2.24, 2.45) is 5.92 Å². The molecule has 0 radical (unpaired) electrons. The van der Waals surface area contributed by atoms with Crippen molar-refractivity contribution in [3.8, 4) is 11.5 Å². The smallest absolute Gasteiger partial charge is 0.312 e. The number of nitrogens with zero attached hydrogens (tertiary/aromatic N) is 4. The van der Waals surface area contributed by atoms with Gasteiger partial charge in [-0.1, -0.05) is 18.2 Å². The van der Waals surface area contributed by atoms with Gasteiger partial charge in [-0.3, -0.25) is 19.2 Å². The Bertz CT molecular complexity index is 1790. The van der Waals surface area contributed by atoms with E-state index < -0.39 is 26.7 Å². The van der Waals surface area contributed by atoms with E-state index in [4.69, 9.17) is 9.47 Å². The molecular weight excluding hydrogens is 574 g/mol. The molecule has 13 heteroatoms. The third kappa shape index (κ3) is 5.03. The number of nitrogens with one attached hydrogen (secondary N) is 1. The first kappa shape index (κ1) is 28.5. The molecule has 1 N–H and O–H groups in total. The summed E-state index contributed by atoms with van der Waals surface area (Å²) in [6, 6.07) is 14.0. The largest absolute Gasteiger partial charge is 0.497 e. The van der Waals surface area contributed by atoms with Crippen LogP contribution in [0, 0.1) is 16.0 Å². The van der Waals surface area contributed by atoms with Crippen LogP contribution in [0.4, 0.5) is 11.4 Å². The van der Waals surface area contributed by atoms with E-state index in [1.165, 1.54) is 16.4 Å². The number of benzene rings is 2. The van der Waals surface area contributed by atoms with Crippen LogP contribution in [-0.4, -0.2) is 60.4 Å². The quantitative estimate of drug-likeness (QED) is 0.214. The van der Waals surface area contributed by atoms with Crippen LogP contribution in [0.1, 0.15) is 31.2 Å². The van der Waals surface area contributed by atoms with Crippen molar-refractivity contribution in [2.75, 3.05) is 18.5 Å². The number of fused-ring (bicyclic) bond motifs is 2. The lowest BCUT2D eigenvalue weighted by Gasteiger charge is -2.41. The number of nitro groups is 1. The maximum Gasteiger partial charge on any atom is 0.312 e. The molecule has 43 heavy (non-hydrogen) atoms. The lowest BCUT2D eigenvalue weighted by atomic mass is 9.82. The Kier molecular flexibility index (Phi) is 7.42. The molecule has 2 aromatic carbocycles. The number of rotatable bonds is 9. The van der Waals surface area contributed by atoms with Crippen molar-refractivity contribution in [2.45, 2.75) is 49.2 Å². The van der Waals surface area contributed by atoms with E-state index in [0.29, 0.717) is 48.2 Å². The number of carbonyl (C=O) groups is 1. The molecule has 1 saturated carbocycles. The van der Waals surface area contributed by atoms with Crippen LogP contribution in [0.3, 0.4) is 0 Å². The van der Waals surface area contributed by atoms with Gasteiger partial charge in [-0.25, -0.2) is 13.4 Å². The van der Waals surface area contributed by atoms with Gasteiger partial charge >= 0.3 is 5.69 Å². The second kappa shape index (κ2) is 11.2. The fourth-order valence-electron chi connectivity index (χ4n) is 6.47. The SMILES string of the molecule is COc1ccc(CN2C(=O)CC3CCC(N(c4c([N+](=O)[O-])cnc5[nH]ccc45)S(=O)(=O)c4ccccc4)CC32)c(OC)c1. The minimum Gasteiger partial charge on any atom is -0.497 e. The third-order valence-corrected chi connectivity index (χ3v) is 10.4. The van der Waals surface area contributed by atoms with Gasteiger partial charge in [0.15, 0.2) is 0 Å². The van der Waals surface area contributed by atoms with Crippen molar-refractivity contribution < 1.29 is 27.6 Å². The molecule has 1 aliphatic carbocycles. The van der Waals surface area contributed by atoms with Crippen molar-refractivity contribution in [1.82, 2.24) is 14.9 Å². The van der Waals surface area contributed by atoms with E-state index in [1.54, 1.807) is 61.7 Å². The van der Waals surface area contributed by atoms with Gasteiger partial charge in [0, 0.05) is 42.9 Å². The first-order valence-electron chi connectivity index (χ1n) is 13.9. The number of amides is 1. The molecule has 2 aromatic heterocycles. The molecule has 12 nitrogen and oxygen atoms in total. The summed E-state index contributed by atoms with van der Waals surface area (Å²) in [4.78, 5) is 33.9. The molecule has 224 valence electrons. The van der Waals surface area contributed by atoms with Crippen LogP contribution in [0.5, 0.6) is 11.5 Å². The zero-order valence-electron chi connectivity index (χ0n) is 23.7. The molecule has 0 bridgehead atoms. The summed E-state index contributed by atoms with van der Waals surface area (Å²) in [6.07, 6.45) is 4.37. The fraction of sp³-hybridized carbons (Fsp3) is 0.333. The number of methoxy groups -OCH3 is 2. The number of likely N-dealkylation sites (tertiary alicyclic amines) is 1. The second-order valence-corrected chi connectivity index (χ2v) is 12.6. The van der Waals surface area contributed by atoms with Gasteiger partial charge in [0.25, 0.3) is 10.0 Å². The Balaban J connectivity index is 1.43. The van der Waals surface area contributed by atoms with Gasteiger partial charge in [-0.15, -0.1) is 0 Å². The van der Waals surface area contributed by atoms with Crippen molar-refractivity contribution in [3.63, 3.8) is 0 Å². The number of sulfonamides is 1. The minimum absolute atomic E-state index is 0.0195. The Hall–Kier alpha value is -4.65. The third-order valence-electron chi connectivity index (χ3n) is 8.51. The zero-order chi connectivity index (χ0) is 30.3. The molecule has 2 fully saturated rings. The molecule has 3 atom stereocenters. The Labute approximate surface area is 248 Å². The standard InChI is InChI=1S/C30H31N5O7S/c1-41-22-11-9-20(27(16-22)42-2)18-33-25-15-21(10-8-19(25)14-28(33)36)34(43(39,40)23-6-4-3-5-7-23)29-24-12-13-31-30(24)32-17-26(29)35(37)38/h3-7,9,11-13,16-17,19,21,25H,8,10,14-15,18H2,1-2H3,(H,31,32). The number of carbonyl (C=O) groups excluding carboxylic acids is 1. The molecule has 3 heterocycles. The van der Waals surface area contributed by atoms with Crippen LogP contribution in [-0.2, 0) is 21.4 Å². The highest BCUT2D eigenvalue weighted by Crippen LogP contribution is 2.46. The van der Waals surface area contributed by atoms with E-state index >= 15 is 0 Å². The van der Waals surface area contributed by atoms with Crippen LogP contribution in [0.2, 0.25) is 0 Å². The fourth-order valence-corrected chi connectivity index (χ4v) is 8.22. The molecule has 1 saturated heterocycles. The van der Waals surface area contributed by atoms with E-state index in [1.807, 2.05) is 6.07 Å². The lowest BCUT2D eigenvalue weighted by Crippen LogP contribution is -2.49. The van der Waals surface area contributed by atoms with Gasteiger partial charge in [0.1, 0.15) is 29.0 Å². The maximum absolute atomic E-state index is 14.4. The number of hydrogen-bond donors (Lipinski definition) is 1. The number of pyridine rings is 1. The Morgan fingerprint density at radius 1 is 1.12 bits per heavy atom. The highest BCUT2D eigenvalue weighted by atomic mass is 32.2. The first-order chi connectivity index (χ1) is 20.7. The average molecular weight is 606 g/mol. The molecule has 3 unspecified atom stereocenters. The number of aromatic nitrogens is 2. The highest BCUT2D eigenvalue weighted by molar-refractivity contribution is 7.93. The van der Waals surface area contributed by atoms with Crippen LogP contribution >= 0.6 is 0 Å². The summed E-state index contributed by atoms with van der Waals surface area (Å²) >= 11 is 0. The molecule has 2 aliphatic rings. The first-order valence-corrected chi connectivity index (χ1v) is 15.4. The summed E-state index contributed by atoms with van der Waals surface area (Å²) in [6.45, 7) is 0.281. The van der Waals surface area contributed by atoms with Gasteiger partial charge < -0.3 is 19.4 Å². The second-order valence-electron chi connectivity index (χ2n) is 10.8. The van der Waals surface area contributed by atoms with E-state index in [0.717, 1.165) is 11.8 Å². The number of anilines is 1. The van der Waals surface area contributed by atoms with Gasteiger partial charge in [0.05, 0.1) is 29.4 Å². The topological polar surface area (TPSA) is 148 Å². The summed E-state index contributed by atoms with van der Waals surface area (Å²) in [5.41, 5.74) is 0.700. The Morgan fingerprint density at radius 3 is 2.63 bits per heavy atom. The van der Waals surface area contributed by atoms with Crippen molar-refractivity contribution in [1.29, 1.82) is 0 Å². The van der Waals surface area contributed by atoms with Crippen molar-refractivity contribution >= 4 is 38.3 Å². The summed E-state index contributed by atoms with van der Waals surface area (Å²) in [5, 5.41) is 12.6. The van der Waals surface area contributed by atoms with Crippen molar-refractivity contribution in [3.05, 3.63) is 82.7 Å². The van der Waals surface area contributed by atoms with E-state index in [-0.39, 0.29) is 35.0 Å². The monoisotopic (exact) mass is 605 g/mol. The van der Waals surface area contributed by atoms with Gasteiger partial charge in [-0.2, -0.15) is 0 Å². The lowest BCUT2D eigenvalue weighted by molar-refractivity contribution is -0.384. The molecule has 6 rings (SSSR count). The van der Waals surface area contributed by atoms with E-state index in [2.05, 4.69) is 9.97 Å². The molecular formula is C30H31N5O7S. The molecule has 1 amide bonds. The predicted molar refractivity (Wildman–Crippen MR) is 158 cm³/mol. The Morgan fingerprint density at radius 2 is 1.91 bits per heavy atom. The van der Waals surface area contributed by atoms with Crippen LogP contribution in [0.25, 0.3) is 11.0 Å². The molecule has 4 aromatic rings. The molecule has 0 spiro atoms. The van der Waals surface area contributed by atoms with Gasteiger partial charge in [0.2, 0.25) is 5.91 Å². The number of hydrogen-bond acceptors (Lipinski definition) is 8. The highest BCUT2D eigenvalue weighted by Gasteiger charge is 2.48. The predicted octanol–water partition coefficient (Wildman–Crippen LogP) is 4.65. The number of aromatic amines is 1. The van der Waals surface area contributed by atoms with Gasteiger partial charge in [-0.05, 0) is 55.5 Å². The molecule has 1 aliphatic heterocycles. The average Bonchev–Trinajstić information content (AvgIpc) is 3.62. The van der Waals surface area contributed by atoms with Crippen LogP contribution in [0.15, 0.2) is 71.9 Å². The summed E-state index contributed by atoms with van der Waals surface area (Å²) in [7, 11) is -1.15. The zero-order valence-corrected chi connectivity index (χ0v) is 24.5. The summed E-state index contributed by atoms with van der Waals surface area (Å²) < 4.78 is 40.9. The van der Waals surface area contributed by atoms with E-state index in [9.17, 15) is 23.3 Å². The normalized spacial score (nSPS) is 20.2.